The largest absolute Gasteiger partial charge is 0.488 e. The summed E-state index contributed by atoms with van der Waals surface area (Å²) in [6, 6.07) is 18.7. The second kappa shape index (κ2) is 6.04. The number of benzene rings is 2. The third-order valence-electron chi connectivity index (χ3n) is 3.55. The molecular weight excluding hydrogens is 258 g/mol. The quantitative estimate of drug-likeness (QED) is 0.702. The molecule has 0 aliphatic carbocycles. The van der Waals surface area contributed by atoms with Crippen molar-refractivity contribution in [1.29, 1.82) is 0 Å². The number of hydrogen-bond acceptors (Lipinski definition) is 1. The molecule has 0 radical (unpaired) electrons. The Kier molecular flexibility index (Phi) is 3.96. The molecule has 21 heavy (non-hydrogen) atoms. The normalized spacial score (nSPS) is 11.2. The molecule has 3 aromatic rings. The highest BCUT2D eigenvalue weighted by Crippen LogP contribution is 2.28. The predicted molar refractivity (Wildman–Crippen MR) is 87.6 cm³/mol. The van der Waals surface area contributed by atoms with Gasteiger partial charge < -0.3 is 9.72 Å². The first-order chi connectivity index (χ1) is 10.2. The third kappa shape index (κ3) is 3.27. The van der Waals surface area contributed by atoms with Gasteiger partial charge in [-0.15, -0.1) is 0 Å². The van der Waals surface area contributed by atoms with Crippen LogP contribution in [0.15, 0.2) is 54.6 Å². The van der Waals surface area contributed by atoms with E-state index in [1.165, 1.54) is 16.6 Å². The van der Waals surface area contributed by atoms with Gasteiger partial charge in [0.25, 0.3) is 0 Å². The van der Waals surface area contributed by atoms with Gasteiger partial charge in [0.15, 0.2) is 0 Å². The molecule has 0 unspecified atom stereocenters. The maximum absolute atomic E-state index is 6.00. The zero-order valence-corrected chi connectivity index (χ0v) is 12.6. The first kappa shape index (κ1) is 13.7. The van der Waals surface area contributed by atoms with Gasteiger partial charge in [-0.25, -0.2) is 0 Å². The summed E-state index contributed by atoms with van der Waals surface area (Å²) in [4.78, 5) is 3.49. The zero-order chi connectivity index (χ0) is 14.7. The topological polar surface area (TPSA) is 25.0 Å². The minimum atomic E-state index is 0.602. The van der Waals surface area contributed by atoms with Crippen molar-refractivity contribution in [3.8, 4) is 5.75 Å². The second-order valence-corrected chi connectivity index (χ2v) is 5.88. The molecule has 1 heterocycles. The lowest BCUT2D eigenvalue weighted by Crippen LogP contribution is -1.95. The van der Waals surface area contributed by atoms with Crippen molar-refractivity contribution in [2.75, 3.05) is 0 Å². The van der Waals surface area contributed by atoms with Gasteiger partial charge >= 0.3 is 0 Å². The van der Waals surface area contributed by atoms with E-state index in [-0.39, 0.29) is 0 Å². The Bertz CT molecular complexity index is 713. The minimum absolute atomic E-state index is 0.602. The van der Waals surface area contributed by atoms with Crippen molar-refractivity contribution in [2.24, 2.45) is 5.92 Å². The van der Waals surface area contributed by atoms with Crippen LogP contribution < -0.4 is 4.74 Å². The van der Waals surface area contributed by atoms with Crippen LogP contribution in [-0.2, 0) is 13.0 Å². The van der Waals surface area contributed by atoms with Crippen molar-refractivity contribution in [1.82, 2.24) is 4.98 Å². The molecule has 1 N–H and O–H groups in total. The first-order valence-corrected chi connectivity index (χ1v) is 7.49. The van der Waals surface area contributed by atoms with Crippen LogP contribution >= 0.6 is 0 Å². The lowest BCUT2D eigenvalue weighted by molar-refractivity contribution is 0.310. The van der Waals surface area contributed by atoms with Crippen LogP contribution in [0.25, 0.3) is 10.9 Å². The smallest absolute Gasteiger partial charge is 0.129 e. The SMILES string of the molecule is CC(C)Cc1cc2c(OCc3ccccc3)cccc2[nH]1. The van der Waals surface area contributed by atoms with Crippen LogP contribution in [0.4, 0.5) is 0 Å². The van der Waals surface area contributed by atoms with Crippen LogP contribution in [0.3, 0.4) is 0 Å². The van der Waals surface area contributed by atoms with Crippen molar-refractivity contribution in [3.05, 3.63) is 65.9 Å². The highest BCUT2D eigenvalue weighted by atomic mass is 16.5. The fourth-order valence-corrected chi connectivity index (χ4v) is 2.60. The highest BCUT2D eigenvalue weighted by Gasteiger charge is 2.07. The van der Waals surface area contributed by atoms with Gasteiger partial charge in [-0.2, -0.15) is 0 Å². The molecule has 0 atom stereocenters. The standard InChI is InChI=1S/C19H21NO/c1-14(2)11-16-12-17-18(20-16)9-6-10-19(17)21-13-15-7-4-3-5-8-15/h3-10,12,14,20H,11,13H2,1-2H3. The van der Waals surface area contributed by atoms with Crippen molar-refractivity contribution >= 4 is 10.9 Å². The molecular formula is C19H21NO. The van der Waals surface area contributed by atoms with Gasteiger partial charge in [-0.1, -0.05) is 50.2 Å². The highest BCUT2D eigenvalue weighted by molar-refractivity contribution is 5.86. The lowest BCUT2D eigenvalue weighted by Gasteiger charge is -2.07. The molecule has 1 aromatic heterocycles. The summed E-state index contributed by atoms with van der Waals surface area (Å²) >= 11 is 0. The van der Waals surface area contributed by atoms with Gasteiger partial charge in [0.2, 0.25) is 0 Å². The molecule has 0 amide bonds. The van der Waals surface area contributed by atoms with E-state index in [4.69, 9.17) is 4.74 Å². The molecule has 0 spiro atoms. The van der Waals surface area contributed by atoms with E-state index in [9.17, 15) is 0 Å². The summed E-state index contributed by atoms with van der Waals surface area (Å²) in [5, 5.41) is 1.17. The molecule has 2 nitrogen and oxygen atoms in total. The average Bonchev–Trinajstić information content (AvgIpc) is 2.88. The van der Waals surface area contributed by atoms with E-state index in [2.05, 4.69) is 43.1 Å². The molecule has 0 fully saturated rings. The van der Waals surface area contributed by atoms with Gasteiger partial charge in [-0.05, 0) is 36.1 Å². The van der Waals surface area contributed by atoms with E-state index >= 15 is 0 Å². The number of aromatic amines is 1. The molecule has 0 saturated carbocycles. The summed E-state index contributed by atoms with van der Waals surface area (Å²) in [6.07, 6.45) is 1.06. The summed E-state index contributed by atoms with van der Waals surface area (Å²) in [7, 11) is 0. The summed E-state index contributed by atoms with van der Waals surface area (Å²) in [5.74, 6) is 1.59. The summed E-state index contributed by atoms with van der Waals surface area (Å²) < 4.78 is 6.00. The molecule has 0 bridgehead atoms. The van der Waals surface area contributed by atoms with E-state index < -0.39 is 0 Å². The van der Waals surface area contributed by atoms with Crippen molar-refractivity contribution < 1.29 is 4.74 Å². The molecule has 0 saturated heterocycles. The Morgan fingerprint density at radius 2 is 1.81 bits per heavy atom. The number of ether oxygens (including phenoxy) is 1. The van der Waals surface area contributed by atoms with E-state index in [1.807, 2.05) is 30.3 Å². The van der Waals surface area contributed by atoms with E-state index in [0.29, 0.717) is 12.5 Å². The molecule has 2 aromatic carbocycles. The molecule has 0 aliphatic rings. The number of H-pyrrole nitrogens is 1. The Morgan fingerprint density at radius 3 is 2.57 bits per heavy atom. The van der Waals surface area contributed by atoms with Crippen LogP contribution in [-0.4, -0.2) is 4.98 Å². The number of aromatic nitrogens is 1. The molecule has 2 heteroatoms. The molecule has 0 aliphatic heterocycles. The van der Waals surface area contributed by atoms with Crippen LogP contribution in [0, 0.1) is 5.92 Å². The van der Waals surface area contributed by atoms with Crippen LogP contribution in [0.1, 0.15) is 25.1 Å². The predicted octanol–water partition coefficient (Wildman–Crippen LogP) is 4.95. The number of fused-ring (bicyclic) bond motifs is 1. The Balaban J connectivity index is 1.83. The van der Waals surface area contributed by atoms with Gasteiger partial charge in [0.05, 0.1) is 0 Å². The van der Waals surface area contributed by atoms with Gasteiger partial charge in [0, 0.05) is 16.6 Å². The summed E-state index contributed by atoms with van der Waals surface area (Å²) in [6.45, 7) is 5.07. The lowest BCUT2D eigenvalue weighted by atomic mass is 10.1. The Hall–Kier alpha value is -2.22. The summed E-state index contributed by atoms with van der Waals surface area (Å²) in [5.41, 5.74) is 3.61. The fourth-order valence-electron chi connectivity index (χ4n) is 2.60. The van der Waals surface area contributed by atoms with Crippen molar-refractivity contribution in [3.63, 3.8) is 0 Å². The maximum atomic E-state index is 6.00. The third-order valence-corrected chi connectivity index (χ3v) is 3.55. The molecule has 108 valence electrons. The van der Waals surface area contributed by atoms with Gasteiger partial charge in [-0.3, -0.25) is 0 Å². The minimum Gasteiger partial charge on any atom is -0.488 e. The maximum Gasteiger partial charge on any atom is 0.129 e. The van der Waals surface area contributed by atoms with Gasteiger partial charge in [0.1, 0.15) is 12.4 Å². The molecule has 3 rings (SSSR count). The second-order valence-electron chi connectivity index (χ2n) is 5.88. The number of hydrogen-bond donors (Lipinski definition) is 1. The van der Waals surface area contributed by atoms with Crippen LogP contribution in [0.2, 0.25) is 0 Å². The fraction of sp³-hybridized carbons (Fsp3) is 0.263. The number of nitrogens with one attached hydrogen (secondary N) is 1. The monoisotopic (exact) mass is 279 g/mol. The van der Waals surface area contributed by atoms with Crippen molar-refractivity contribution in [2.45, 2.75) is 26.9 Å². The van der Waals surface area contributed by atoms with Crippen LogP contribution in [0.5, 0.6) is 5.75 Å². The first-order valence-electron chi connectivity index (χ1n) is 7.49. The average molecular weight is 279 g/mol. The van der Waals surface area contributed by atoms with E-state index in [1.54, 1.807) is 0 Å². The Labute approximate surface area is 125 Å². The number of rotatable bonds is 5. The van der Waals surface area contributed by atoms with E-state index in [0.717, 1.165) is 17.7 Å². The zero-order valence-electron chi connectivity index (χ0n) is 12.6. The Morgan fingerprint density at radius 1 is 1.00 bits per heavy atom.